The molecule has 0 N–H and O–H groups in total. The van der Waals surface area contributed by atoms with E-state index in [-0.39, 0.29) is 5.91 Å². The number of rotatable bonds is 2. The predicted octanol–water partition coefficient (Wildman–Crippen LogP) is 2.18. The number of hydrogen-bond donors (Lipinski definition) is 0. The van der Waals surface area contributed by atoms with Crippen molar-refractivity contribution in [2.24, 2.45) is 0 Å². The highest BCUT2D eigenvalue weighted by Gasteiger charge is 2.27. The van der Waals surface area contributed by atoms with E-state index >= 15 is 0 Å². The summed E-state index contributed by atoms with van der Waals surface area (Å²) in [7, 11) is 0. The van der Waals surface area contributed by atoms with Crippen LogP contribution in [0.15, 0.2) is 24.3 Å². The normalized spacial score (nSPS) is 14.3. The lowest BCUT2D eigenvalue weighted by molar-refractivity contribution is -0.118. The van der Waals surface area contributed by atoms with Crippen LogP contribution in [0.3, 0.4) is 0 Å². The monoisotopic (exact) mass is 229 g/mol. The zero-order chi connectivity index (χ0) is 11.8. The smallest absolute Gasteiger partial charge is 0.229 e. The zero-order valence-electron chi connectivity index (χ0n) is 9.89. The summed E-state index contributed by atoms with van der Waals surface area (Å²) in [5.41, 5.74) is 2.09. The molecular weight excluding hydrogens is 214 g/mol. The maximum atomic E-state index is 12.0. The molecule has 0 unspecified atom stereocenters. The Morgan fingerprint density at radius 1 is 1.35 bits per heavy atom. The number of para-hydroxylation sites is 2. The molecule has 0 aliphatic carbocycles. The molecule has 0 spiro atoms. The van der Waals surface area contributed by atoms with Crippen molar-refractivity contribution < 1.29 is 4.79 Å². The SMILES string of the molecule is CCCC(=O)N1CCn2c1nc1ccccc12. The van der Waals surface area contributed by atoms with Crippen molar-refractivity contribution in [3.8, 4) is 0 Å². The minimum Gasteiger partial charge on any atom is -0.308 e. The molecule has 1 aromatic carbocycles. The van der Waals surface area contributed by atoms with Crippen molar-refractivity contribution >= 4 is 22.9 Å². The van der Waals surface area contributed by atoms with Crippen LogP contribution in [-0.2, 0) is 11.3 Å². The van der Waals surface area contributed by atoms with Gasteiger partial charge in [-0.25, -0.2) is 4.98 Å². The van der Waals surface area contributed by atoms with Gasteiger partial charge < -0.3 is 4.57 Å². The Kier molecular flexibility index (Phi) is 2.35. The first kappa shape index (κ1) is 10.3. The van der Waals surface area contributed by atoms with Gasteiger partial charge in [-0.15, -0.1) is 0 Å². The molecule has 0 bridgehead atoms. The van der Waals surface area contributed by atoms with Gasteiger partial charge in [0.15, 0.2) is 0 Å². The third-order valence-electron chi connectivity index (χ3n) is 3.19. The molecule has 2 heterocycles. The van der Waals surface area contributed by atoms with Gasteiger partial charge in [0, 0.05) is 19.5 Å². The third-order valence-corrected chi connectivity index (χ3v) is 3.19. The Labute approximate surface area is 99.9 Å². The average Bonchev–Trinajstić information content (AvgIpc) is 2.87. The highest BCUT2D eigenvalue weighted by atomic mass is 16.2. The fraction of sp³-hybridized carbons (Fsp3) is 0.385. The number of anilines is 1. The average molecular weight is 229 g/mol. The molecule has 1 aromatic heterocycles. The van der Waals surface area contributed by atoms with Gasteiger partial charge in [0.05, 0.1) is 11.0 Å². The summed E-state index contributed by atoms with van der Waals surface area (Å²) < 4.78 is 2.13. The van der Waals surface area contributed by atoms with E-state index in [1.54, 1.807) is 0 Å². The van der Waals surface area contributed by atoms with E-state index < -0.39 is 0 Å². The second-order valence-corrected chi connectivity index (χ2v) is 4.35. The van der Waals surface area contributed by atoms with E-state index in [0.29, 0.717) is 6.42 Å². The van der Waals surface area contributed by atoms with Crippen LogP contribution in [-0.4, -0.2) is 22.0 Å². The van der Waals surface area contributed by atoms with Gasteiger partial charge in [0.1, 0.15) is 0 Å². The maximum absolute atomic E-state index is 12.0. The van der Waals surface area contributed by atoms with E-state index in [4.69, 9.17) is 0 Å². The maximum Gasteiger partial charge on any atom is 0.229 e. The van der Waals surface area contributed by atoms with E-state index in [2.05, 4.69) is 15.6 Å². The number of hydrogen-bond acceptors (Lipinski definition) is 2. The summed E-state index contributed by atoms with van der Waals surface area (Å²) in [5, 5.41) is 0. The Morgan fingerprint density at radius 2 is 2.18 bits per heavy atom. The Balaban J connectivity index is 2.05. The topological polar surface area (TPSA) is 38.1 Å². The lowest BCUT2D eigenvalue weighted by atomic mass is 10.3. The first-order valence-electron chi connectivity index (χ1n) is 6.07. The molecule has 4 nitrogen and oxygen atoms in total. The molecule has 1 aliphatic rings. The van der Waals surface area contributed by atoms with Crippen LogP contribution in [0.5, 0.6) is 0 Å². The van der Waals surface area contributed by atoms with Crippen LogP contribution < -0.4 is 4.90 Å². The Hall–Kier alpha value is -1.84. The number of carbonyl (C=O) groups excluding carboxylic acids is 1. The summed E-state index contributed by atoms with van der Waals surface area (Å²) in [6, 6.07) is 8.03. The fourth-order valence-corrected chi connectivity index (χ4v) is 2.37. The zero-order valence-corrected chi connectivity index (χ0v) is 9.89. The van der Waals surface area contributed by atoms with Crippen molar-refractivity contribution in [1.82, 2.24) is 9.55 Å². The molecule has 88 valence electrons. The van der Waals surface area contributed by atoms with E-state index in [9.17, 15) is 4.79 Å². The minimum atomic E-state index is 0.182. The molecule has 17 heavy (non-hydrogen) atoms. The standard InChI is InChI=1S/C13H15N3O/c1-2-5-12(17)16-9-8-15-11-7-4-3-6-10(11)14-13(15)16/h3-4,6-7H,2,5,8-9H2,1H3. The number of amides is 1. The molecule has 3 rings (SSSR count). The molecule has 4 heteroatoms. The van der Waals surface area contributed by atoms with Crippen LogP contribution >= 0.6 is 0 Å². The summed E-state index contributed by atoms with van der Waals surface area (Å²) >= 11 is 0. The number of benzene rings is 1. The molecule has 0 atom stereocenters. The summed E-state index contributed by atoms with van der Waals surface area (Å²) in [5.74, 6) is 0.992. The second kappa shape index (κ2) is 3.87. The Morgan fingerprint density at radius 3 is 3.00 bits per heavy atom. The van der Waals surface area contributed by atoms with Crippen molar-refractivity contribution in [2.45, 2.75) is 26.3 Å². The number of fused-ring (bicyclic) bond motifs is 3. The number of aromatic nitrogens is 2. The number of imidazole rings is 1. The largest absolute Gasteiger partial charge is 0.308 e. The van der Waals surface area contributed by atoms with Crippen LogP contribution in [0.25, 0.3) is 11.0 Å². The van der Waals surface area contributed by atoms with E-state index in [1.165, 1.54) is 0 Å². The van der Waals surface area contributed by atoms with Crippen molar-refractivity contribution in [3.05, 3.63) is 24.3 Å². The molecule has 0 fully saturated rings. The lowest BCUT2D eigenvalue weighted by Crippen LogP contribution is -2.28. The molecule has 0 radical (unpaired) electrons. The first-order valence-corrected chi connectivity index (χ1v) is 6.07. The van der Waals surface area contributed by atoms with E-state index in [1.807, 2.05) is 30.0 Å². The highest BCUT2D eigenvalue weighted by Crippen LogP contribution is 2.27. The van der Waals surface area contributed by atoms with Crippen molar-refractivity contribution in [2.75, 3.05) is 11.4 Å². The van der Waals surface area contributed by atoms with Crippen molar-refractivity contribution in [3.63, 3.8) is 0 Å². The molecule has 1 amide bonds. The van der Waals surface area contributed by atoms with Gasteiger partial charge in [-0.1, -0.05) is 19.1 Å². The molecule has 2 aromatic rings. The fourth-order valence-electron chi connectivity index (χ4n) is 2.37. The predicted molar refractivity (Wildman–Crippen MR) is 67.0 cm³/mol. The van der Waals surface area contributed by atoms with Gasteiger partial charge >= 0.3 is 0 Å². The van der Waals surface area contributed by atoms with Crippen LogP contribution in [0.2, 0.25) is 0 Å². The third kappa shape index (κ3) is 1.52. The van der Waals surface area contributed by atoms with Crippen molar-refractivity contribution in [1.29, 1.82) is 0 Å². The molecule has 0 saturated heterocycles. The van der Waals surface area contributed by atoms with Gasteiger partial charge in [-0.05, 0) is 18.6 Å². The summed E-state index contributed by atoms with van der Waals surface area (Å²) in [6.45, 7) is 3.63. The van der Waals surface area contributed by atoms with E-state index in [0.717, 1.165) is 36.5 Å². The molecule has 0 saturated carbocycles. The van der Waals surface area contributed by atoms with Gasteiger partial charge in [-0.3, -0.25) is 9.69 Å². The Bertz CT molecular complexity index is 573. The van der Waals surface area contributed by atoms with Crippen LogP contribution in [0.4, 0.5) is 5.95 Å². The number of nitrogens with zero attached hydrogens (tertiary/aromatic N) is 3. The first-order chi connectivity index (χ1) is 8.31. The van der Waals surface area contributed by atoms with Gasteiger partial charge in [0.25, 0.3) is 0 Å². The second-order valence-electron chi connectivity index (χ2n) is 4.35. The van der Waals surface area contributed by atoms with Crippen LogP contribution in [0.1, 0.15) is 19.8 Å². The summed E-state index contributed by atoms with van der Waals surface area (Å²) in [6.07, 6.45) is 1.48. The van der Waals surface area contributed by atoms with Crippen LogP contribution in [0, 0.1) is 0 Å². The minimum absolute atomic E-state index is 0.182. The molecule has 1 aliphatic heterocycles. The number of carbonyl (C=O) groups is 1. The quantitative estimate of drug-likeness (QED) is 0.791. The highest BCUT2D eigenvalue weighted by molar-refractivity contribution is 5.94. The molecular formula is C13H15N3O. The van der Waals surface area contributed by atoms with Gasteiger partial charge in [-0.2, -0.15) is 0 Å². The lowest BCUT2D eigenvalue weighted by Gasteiger charge is -2.12. The van der Waals surface area contributed by atoms with Gasteiger partial charge in [0.2, 0.25) is 11.9 Å². The summed E-state index contributed by atoms with van der Waals surface area (Å²) in [4.78, 5) is 18.3.